The van der Waals surface area contributed by atoms with E-state index in [0.29, 0.717) is 13.0 Å². The molecule has 2 unspecified atom stereocenters. The van der Waals surface area contributed by atoms with E-state index in [1.807, 2.05) is 62.9 Å². The van der Waals surface area contributed by atoms with Crippen LogP contribution in [0.5, 0.6) is 0 Å². The van der Waals surface area contributed by atoms with E-state index in [0.717, 1.165) is 52.6 Å². The Balaban J connectivity index is 1.32. The Hall–Kier alpha value is -3.87. The number of amides is 2. The molecule has 1 saturated heterocycles. The predicted molar refractivity (Wildman–Crippen MR) is 155 cm³/mol. The first-order valence-electron chi connectivity index (χ1n) is 13.8. The van der Waals surface area contributed by atoms with Crippen molar-refractivity contribution in [2.75, 3.05) is 13.1 Å². The first-order chi connectivity index (χ1) is 18.7. The zero-order valence-corrected chi connectivity index (χ0v) is 23.3. The van der Waals surface area contributed by atoms with Crippen molar-refractivity contribution >= 4 is 33.8 Å². The summed E-state index contributed by atoms with van der Waals surface area (Å²) in [5.74, 6) is 1.01. The molecule has 1 aliphatic rings. The van der Waals surface area contributed by atoms with E-state index in [1.54, 1.807) is 0 Å². The molecule has 4 aromatic rings. The van der Waals surface area contributed by atoms with Gasteiger partial charge in [0.05, 0.1) is 17.1 Å². The van der Waals surface area contributed by atoms with Crippen molar-refractivity contribution in [2.45, 2.75) is 71.1 Å². The number of para-hydroxylation sites is 2. The number of nitrogens with zero attached hydrogens (tertiary/aromatic N) is 3. The normalized spacial score (nSPS) is 16.8. The van der Waals surface area contributed by atoms with Crippen molar-refractivity contribution in [1.82, 2.24) is 19.8 Å². The van der Waals surface area contributed by atoms with Crippen molar-refractivity contribution in [2.24, 2.45) is 0 Å². The number of imidazole rings is 1. The second-order valence-corrected chi connectivity index (χ2v) is 11.6. The molecule has 1 aromatic heterocycles. The lowest BCUT2D eigenvalue weighted by Crippen LogP contribution is -2.46. The number of rotatable bonds is 6. The van der Waals surface area contributed by atoms with E-state index in [2.05, 4.69) is 46.3 Å². The Morgan fingerprint density at radius 3 is 2.59 bits per heavy atom. The first kappa shape index (κ1) is 26.7. The molecule has 2 heterocycles. The number of aryl methyl sites for hydroxylation is 1. The highest BCUT2D eigenvalue weighted by atomic mass is 16.6. The maximum absolute atomic E-state index is 13.7. The number of ether oxygens (including phenoxy) is 1. The van der Waals surface area contributed by atoms with Crippen LogP contribution in [-0.4, -0.2) is 51.2 Å². The van der Waals surface area contributed by atoms with Crippen LogP contribution in [0.4, 0.5) is 4.79 Å². The highest BCUT2D eigenvalue weighted by Crippen LogP contribution is 2.28. The minimum atomic E-state index is -0.618. The third kappa shape index (κ3) is 6.41. The number of nitrogens with one attached hydrogen (secondary N) is 1. The molecule has 7 heteroatoms. The molecule has 2 atom stereocenters. The summed E-state index contributed by atoms with van der Waals surface area (Å²) in [7, 11) is 0. The van der Waals surface area contributed by atoms with Crippen molar-refractivity contribution in [3.8, 4) is 0 Å². The molecule has 3 aromatic carbocycles. The fourth-order valence-corrected chi connectivity index (χ4v) is 5.66. The van der Waals surface area contributed by atoms with Crippen LogP contribution in [0.25, 0.3) is 21.8 Å². The van der Waals surface area contributed by atoms with Crippen LogP contribution in [0.3, 0.4) is 0 Å². The number of likely N-dealkylation sites (tertiary alicyclic amines) is 1. The topological polar surface area (TPSA) is 76.5 Å². The number of carbonyl (C=O) groups excluding carboxylic acids is 2. The number of carbonyl (C=O) groups is 2. The molecule has 7 nitrogen and oxygen atoms in total. The van der Waals surface area contributed by atoms with Crippen LogP contribution in [0.2, 0.25) is 0 Å². The Labute approximate surface area is 230 Å². The zero-order valence-electron chi connectivity index (χ0n) is 23.3. The summed E-state index contributed by atoms with van der Waals surface area (Å²) in [6.07, 6.45) is 2.18. The average Bonchev–Trinajstić information content (AvgIpc) is 3.23. The molecule has 1 aliphatic heterocycles. The van der Waals surface area contributed by atoms with E-state index < -0.39 is 11.7 Å². The summed E-state index contributed by atoms with van der Waals surface area (Å²) < 4.78 is 7.82. The van der Waals surface area contributed by atoms with E-state index >= 15 is 0 Å². The first-order valence-corrected chi connectivity index (χ1v) is 13.8. The van der Waals surface area contributed by atoms with Gasteiger partial charge >= 0.3 is 6.09 Å². The molecule has 0 bridgehead atoms. The lowest BCUT2D eigenvalue weighted by molar-refractivity contribution is -0.133. The van der Waals surface area contributed by atoms with Crippen molar-refractivity contribution in [1.29, 1.82) is 0 Å². The minimum Gasteiger partial charge on any atom is -0.444 e. The van der Waals surface area contributed by atoms with Gasteiger partial charge in [-0.1, -0.05) is 54.6 Å². The fraction of sp³-hybridized carbons (Fsp3) is 0.406. The summed E-state index contributed by atoms with van der Waals surface area (Å²) in [5.41, 5.74) is 2.54. The SMILES string of the molecule is Cc1nc2ccccc2n1C1CCCN(C(=O)CC(Cc2ccc3ccccc3c2)NC(=O)OC(C)(C)C)C1. The molecular weight excluding hydrogens is 488 g/mol. The Morgan fingerprint density at radius 2 is 1.79 bits per heavy atom. The monoisotopic (exact) mass is 526 g/mol. The van der Waals surface area contributed by atoms with Gasteiger partial charge in [-0.25, -0.2) is 9.78 Å². The molecule has 39 heavy (non-hydrogen) atoms. The number of hydrogen-bond donors (Lipinski definition) is 1. The van der Waals surface area contributed by atoms with Crippen LogP contribution in [0.1, 0.15) is 57.5 Å². The fourth-order valence-electron chi connectivity index (χ4n) is 5.66. The number of alkyl carbamates (subject to hydrolysis) is 1. The quantitative estimate of drug-likeness (QED) is 0.325. The third-order valence-electron chi connectivity index (χ3n) is 7.32. The number of benzene rings is 3. The van der Waals surface area contributed by atoms with Gasteiger partial charge in [-0.05, 0) is 75.4 Å². The van der Waals surface area contributed by atoms with Gasteiger partial charge in [0.2, 0.25) is 5.91 Å². The lowest BCUT2D eigenvalue weighted by Gasteiger charge is -2.35. The maximum Gasteiger partial charge on any atom is 0.407 e. The lowest BCUT2D eigenvalue weighted by atomic mass is 9.98. The average molecular weight is 527 g/mol. The van der Waals surface area contributed by atoms with Gasteiger partial charge in [0.15, 0.2) is 0 Å². The van der Waals surface area contributed by atoms with Crippen molar-refractivity contribution in [3.05, 3.63) is 78.1 Å². The molecule has 0 spiro atoms. The van der Waals surface area contributed by atoms with Crippen molar-refractivity contribution < 1.29 is 14.3 Å². The van der Waals surface area contributed by atoms with Gasteiger partial charge in [-0.2, -0.15) is 0 Å². The number of piperidine rings is 1. The van der Waals surface area contributed by atoms with Crippen LogP contribution in [0, 0.1) is 6.92 Å². The largest absolute Gasteiger partial charge is 0.444 e. The van der Waals surface area contributed by atoms with Crippen LogP contribution in [-0.2, 0) is 16.0 Å². The Bertz CT molecular complexity index is 1490. The molecule has 0 radical (unpaired) electrons. The number of aromatic nitrogens is 2. The second kappa shape index (κ2) is 11.1. The standard InChI is InChI=1S/C32H38N4O3/c1-22-33-28-13-7-8-14-29(28)36(22)27-12-9-17-35(21-27)30(37)20-26(34-31(38)39-32(2,3)4)19-23-15-16-24-10-5-6-11-25(24)18-23/h5-8,10-11,13-16,18,26-27H,9,12,17,19-21H2,1-4H3,(H,34,38). The molecule has 1 fully saturated rings. The van der Waals surface area contributed by atoms with E-state index in [1.165, 1.54) is 0 Å². The maximum atomic E-state index is 13.7. The summed E-state index contributed by atoms with van der Waals surface area (Å²) in [6.45, 7) is 8.90. The van der Waals surface area contributed by atoms with Gasteiger partial charge in [0.25, 0.3) is 0 Å². The number of fused-ring (bicyclic) bond motifs is 2. The molecule has 0 saturated carbocycles. The summed E-state index contributed by atoms with van der Waals surface area (Å²) >= 11 is 0. The summed E-state index contributed by atoms with van der Waals surface area (Å²) in [5, 5.41) is 5.29. The highest BCUT2D eigenvalue weighted by Gasteiger charge is 2.29. The second-order valence-electron chi connectivity index (χ2n) is 11.6. The minimum absolute atomic E-state index is 0.0450. The Kier molecular flexibility index (Phi) is 7.60. The molecule has 2 amide bonds. The molecule has 0 aliphatic carbocycles. The van der Waals surface area contributed by atoms with E-state index in [-0.39, 0.29) is 24.4 Å². The predicted octanol–water partition coefficient (Wildman–Crippen LogP) is 6.19. The van der Waals surface area contributed by atoms with Crippen LogP contribution in [0.15, 0.2) is 66.7 Å². The highest BCUT2D eigenvalue weighted by molar-refractivity contribution is 5.83. The van der Waals surface area contributed by atoms with Crippen LogP contribution < -0.4 is 5.32 Å². The third-order valence-corrected chi connectivity index (χ3v) is 7.32. The van der Waals surface area contributed by atoms with Gasteiger partial charge in [-0.15, -0.1) is 0 Å². The summed E-state index contributed by atoms with van der Waals surface area (Å²) in [4.78, 5) is 33.1. The molecule has 1 N–H and O–H groups in total. The number of hydrogen-bond acceptors (Lipinski definition) is 4. The van der Waals surface area contributed by atoms with Gasteiger partial charge in [0.1, 0.15) is 11.4 Å². The van der Waals surface area contributed by atoms with Gasteiger partial charge in [-0.3, -0.25) is 4.79 Å². The molecule has 5 rings (SSSR count). The van der Waals surface area contributed by atoms with Crippen LogP contribution >= 0.6 is 0 Å². The van der Waals surface area contributed by atoms with Crippen molar-refractivity contribution in [3.63, 3.8) is 0 Å². The zero-order chi connectivity index (χ0) is 27.6. The molecular formula is C32H38N4O3. The van der Waals surface area contributed by atoms with E-state index in [4.69, 9.17) is 9.72 Å². The van der Waals surface area contributed by atoms with Gasteiger partial charge < -0.3 is 19.5 Å². The smallest absolute Gasteiger partial charge is 0.407 e. The molecule has 204 valence electrons. The van der Waals surface area contributed by atoms with E-state index in [9.17, 15) is 9.59 Å². The summed E-state index contributed by atoms with van der Waals surface area (Å²) in [6, 6.07) is 22.4. The van der Waals surface area contributed by atoms with Gasteiger partial charge in [0, 0.05) is 25.6 Å². The Morgan fingerprint density at radius 1 is 1.05 bits per heavy atom.